The molecule has 2 aromatic carbocycles. The average Bonchev–Trinajstić information content (AvgIpc) is 3.12. The van der Waals surface area contributed by atoms with Crippen molar-refractivity contribution in [1.29, 1.82) is 0 Å². The van der Waals surface area contributed by atoms with Gasteiger partial charge < -0.3 is 10.1 Å². The Labute approximate surface area is 207 Å². The highest BCUT2D eigenvalue weighted by Crippen LogP contribution is 2.31. The lowest BCUT2D eigenvalue weighted by molar-refractivity contribution is -0.115. The van der Waals surface area contributed by atoms with Gasteiger partial charge in [0.15, 0.2) is 5.16 Å². The van der Waals surface area contributed by atoms with Crippen molar-refractivity contribution in [3.63, 3.8) is 0 Å². The van der Waals surface area contributed by atoms with E-state index >= 15 is 0 Å². The molecule has 2 aromatic heterocycles. The minimum atomic E-state index is -0.468. The van der Waals surface area contributed by atoms with E-state index in [4.69, 9.17) is 9.72 Å². The largest absolute Gasteiger partial charge is 0.383 e. The molecule has 0 spiro atoms. The Kier molecular flexibility index (Phi) is 7.50. The van der Waals surface area contributed by atoms with E-state index in [1.807, 2.05) is 75.4 Å². The molecule has 1 atom stereocenters. The van der Waals surface area contributed by atoms with E-state index in [1.165, 1.54) is 23.1 Å². The van der Waals surface area contributed by atoms with Crippen molar-refractivity contribution < 1.29 is 9.53 Å². The molecule has 2 heterocycles. The fraction of sp³-hybridized carbons (Fsp3) is 0.269. The van der Waals surface area contributed by atoms with Crippen LogP contribution in [0, 0.1) is 13.8 Å². The Morgan fingerprint density at radius 3 is 2.59 bits per heavy atom. The number of methoxy groups -OCH3 is 1. The van der Waals surface area contributed by atoms with Crippen LogP contribution >= 0.6 is 23.1 Å². The van der Waals surface area contributed by atoms with Crippen LogP contribution in [0.1, 0.15) is 17.4 Å². The summed E-state index contributed by atoms with van der Waals surface area (Å²) in [6.45, 7) is 6.53. The second kappa shape index (κ2) is 10.5. The van der Waals surface area contributed by atoms with Gasteiger partial charge in [-0.05, 0) is 38.0 Å². The number of aromatic nitrogens is 2. The number of nitrogens with zero attached hydrogens (tertiary/aromatic N) is 2. The van der Waals surface area contributed by atoms with Crippen molar-refractivity contribution in [2.24, 2.45) is 0 Å². The molecule has 0 aliphatic heterocycles. The van der Waals surface area contributed by atoms with Gasteiger partial charge in [0.05, 0.1) is 23.8 Å². The van der Waals surface area contributed by atoms with Gasteiger partial charge in [-0.2, -0.15) is 0 Å². The molecule has 6 nitrogen and oxygen atoms in total. The molecular formula is C26H27N3O3S2. The summed E-state index contributed by atoms with van der Waals surface area (Å²) in [6, 6.07) is 17.7. The van der Waals surface area contributed by atoms with Gasteiger partial charge in [0, 0.05) is 23.2 Å². The van der Waals surface area contributed by atoms with Gasteiger partial charge in [0.2, 0.25) is 5.91 Å². The number of hydrogen-bond donors (Lipinski definition) is 1. The summed E-state index contributed by atoms with van der Waals surface area (Å²) in [5.41, 5.74) is 3.60. The molecule has 4 rings (SSSR count). The number of aryl methyl sites for hydroxylation is 2. The van der Waals surface area contributed by atoms with Crippen molar-refractivity contribution in [3.05, 3.63) is 75.4 Å². The summed E-state index contributed by atoms with van der Waals surface area (Å²) in [7, 11) is 1.60. The summed E-state index contributed by atoms with van der Waals surface area (Å²) < 4.78 is 6.84. The van der Waals surface area contributed by atoms with Crippen molar-refractivity contribution in [2.45, 2.75) is 37.7 Å². The number of carbonyl (C=O) groups is 1. The Hall–Kier alpha value is -2.94. The van der Waals surface area contributed by atoms with E-state index in [-0.39, 0.29) is 11.5 Å². The zero-order valence-electron chi connectivity index (χ0n) is 19.6. The Balaban J connectivity index is 1.62. The molecule has 0 fully saturated rings. The number of nitrogens with one attached hydrogen (secondary N) is 1. The number of anilines is 1. The molecule has 176 valence electrons. The number of ether oxygens (including phenoxy) is 1. The highest BCUT2D eigenvalue weighted by molar-refractivity contribution is 8.00. The Morgan fingerprint density at radius 1 is 1.15 bits per heavy atom. The number of benzene rings is 2. The van der Waals surface area contributed by atoms with Gasteiger partial charge in [-0.15, -0.1) is 11.3 Å². The monoisotopic (exact) mass is 493 g/mol. The van der Waals surface area contributed by atoms with Crippen LogP contribution in [0.3, 0.4) is 0 Å². The maximum absolute atomic E-state index is 13.3. The molecule has 0 saturated heterocycles. The van der Waals surface area contributed by atoms with E-state index in [2.05, 4.69) is 5.32 Å². The van der Waals surface area contributed by atoms with Crippen LogP contribution in [0.4, 0.5) is 5.69 Å². The maximum Gasteiger partial charge on any atom is 0.263 e. The third-order valence-corrected chi connectivity index (χ3v) is 7.89. The zero-order valence-corrected chi connectivity index (χ0v) is 21.3. The van der Waals surface area contributed by atoms with Crippen LogP contribution < -0.4 is 10.9 Å². The quantitative estimate of drug-likeness (QED) is 0.259. The van der Waals surface area contributed by atoms with Crippen LogP contribution in [0.2, 0.25) is 0 Å². The average molecular weight is 494 g/mol. The summed E-state index contributed by atoms with van der Waals surface area (Å²) in [6.07, 6.45) is 0. The highest BCUT2D eigenvalue weighted by atomic mass is 32.2. The number of carbonyl (C=O) groups excluding carboxylic acids is 1. The summed E-state index contributed by atoms with van der Waals surface area (Å²) in [4.78, 5) is 33.0. The van der Waals surface area contributed by atoms with Crippen molar-refractivity contribution in [2.75, 3.05) is 19.0 Å². The maximum atomic E-state index is 13.3. The van der Waals surface area contributed by atoms with Gasteiger partial charge in [0.1, 0.15) is 4.83 Å². The highest BCUT2D eigenvalue weighted by Gasteiger charge is 2.22. The number of rotatable bonds is 8. The Bertz CT molecular complexity index is 1380. The molecule has 0 aliphatic rings. The molecule has 0 radical (unpaired) electrons. The van der Waals surface area contributed by atoms with Crippen LogP contribution in [-0.2, 0) is 16.1 Å². The van der Waals surface area contributed by atoms with Crippen LogP contribution in [-0.4, -0.2) is 34.4 Å². The number of fused-ring (bicyclic) bond motifs is 1. The van der Waals surface area contributed by atoms with Crippen molar-refractivity contribution in [1.82, 2.24) is 9.55 Å². The molecule has 0 unspecified atom stereocenters. The lowest BCUT2D eigenvalue weighted by Gasteiger charge is -2.17. The summed E-state index contributed by atoms with van der Waals surface area (Å²) in [5, 5.41) is 3.76. The number of amides is 1. The molecule has 34 heavy (non-hydrogen) atoms. The molecule has 1 N–H and O–H groups in total. The normalized spacial score (nSPS) is 12.1. The fourth-order valence-corrected chi connectivity index (χ4v) is 5.69. The second-order valence-electron chi connectivity index (χ2n) is 7.97. The van der Waals surface area contributed by atoms with Crippen molar-refractivity contribution in [3.8, 4) is 11.1 Å². The lowest BCUT2D eigenvalue weighted by atomic mass is 10.0. The topological polar surface area (TPSA) is 73.2 Å². The summed E-state index contributed by atoms with van der Waals surface area (Å²) >= 11 is 2.79. The third kappa shape index (κ3) is 4.94. The van der Waals surface area contributed by atoms with E-state index in [9.17, 15) is 9.59 Å². The first-order chi connectivity index (χ1) is 16.4. The minimum Gasteiger partial charge on any atom is -0.383 e. The van der Waals surface area contributed by atoms with Crippen LogP contribution in [0.5, 0.6) is 0 Å². The molecular weight excluding hydrogens is 466 g/mol. The first kappa shape index (κ1) is 24.2. The molecule has 8 heteroatoms. The smallest absolute Gasteiger partial charge is 0.263 e. The van der Waals surface area contributed by atoms with Gasteiger partial charge in [-0.25, -0.2) is 4.98 Å². The van der Waals surface area contributed by atoms with Gasteiger partial charge in [-0.1, -0.05) is 60.3 Å². The lowest BCUT2D eigenvalue weighted by Crippen LogP contribution is -2.28. The standard InChI is InChI=1S/C26H27N3O3S2/c1-16-17(2)33-24-22(16)25(31)29(14-15-32-4)26(28-24)34-18(3)23(30)27-21-13-9-8-12-20(21)19-10-6-5-7-11-19/h5-13,18H,14-15H2,1-4H3,(H,27,30)/t18-/m1/s1. The number of para-hydroxylation sites is 1. The molecule has 0 saturated carbocycles. The molecule has 0 aliphatic carbocycles. The zero-order chi connectivity index (χ0) is 24.2. The van der Waals surface area contributed by atoms with E-state index in [0.717, 1.165) is 27.3 Å². The first-order valence-corrected chi connectivity index (χ1v) is 12.7. The fourth-order valence-electron chi connectivity index (χ4n) is 3.69. The first-order valence-electron chi connectivity index (χ1n) is 11.0. The van der Waals surface area contributed by atoms with E-state index < -0.39 is 5.25 Å². The summed E-state index contributed by atoms with van der Waals surface area (Å²) in [5.74, 6) is -0.153. The third-order valence-electron chi connectivity index (χ3n) is 5.69. The number of thioether (sulfide) groups is 1. The predicted octanol–water partition coefficient (Wildman–Crippen LogP) is 5.51. The molecule has 0 bridgehead atoms. The number of hydrogen-bond acceptors (Lipinski definition) is 6. The predicted molar refractivity (Wildman–Crippen MR) is 141 cm³/mol. The Morgan fingerprint density at radius 2 is 1.85 bits per heavy atom. The van der Waals surface area contributed by atoms with Gasteiger partial charge in [-0.3, -0.25) is 14.2 Å². The van der Waals surface area contributed by atoms with Gasteiger partial charge >= 0.3 is 0 Å². The molecule has 4 aromatic rings. The molecule has 1 amide bonds. The van der Waals surface area contributed by atoms with E-state index in [0.29, 0.717) is 28.5 Å². The number of thiophene rings is 1. The van der Waals surface area contributed by atoms with Crippen LogP contribution in [0.15, 0.2) is 64.5 Å². The van der Waals surface area contributed by atoms with Gasteiger partial charge in [0.25, 0.3) is 5.56 Å². The van der Waals surface area contributed by atoms with E-state index in [1.54, 1.807) is 11.7 Å². The van der Waals surface area contributed by atoms with Crippen molar-refractivity contribution >= 4 is 44.9 Å². The minimum absolute atomic E-state index is 0.0894. The second-order valence-corrected chi connectivity index (χ2v) is 10.5. The van der Waals surface area contributed by atoms with Crippen LogP contribution in [0.25, 0.3) is 21.3 Å². The SMILES string of the molecule is COCCn1c(S[C@H](C)C(=O)Nc2ccccc2-c2ccccc2)nc2sc(C)c(C)c2c1=O.